The van der Waals surface area contributed by atoms with Crippen LogP contribution in [0.2, 0.25) is 0 Å². The summed E-state index contributed by atoms with van der Waals surface area (Å²) in [5.41, 5.74) is 4.26. The SMILES string of the molecule is CCNCc1c(CC)nn(C2CCCCC2)c1CC. The average Bonchev–Trinajstić information content (AvgIpc) is 2.83. The molecule has 0 aromatic carbocycles. The van der Waals surface area contributed by atoms with Gasteiger partial charge in [0.2, 0.25) is 0 Å². The van der Waals surface area contributed by atoms with Crippen LogP contribution in [-0.2, 0) is 19.4 Å². The molecule has 2 rings (SSSR count). The first-order valence-electron chi connectivity index (χ1n) is 8.11. The van der Waals surface area contributed by atoms with Crippen molar-refractivity contribution in [2.45, 2.75) is 78.3 Å². The molecule has 0 spiro atoms. The molecule has 0 amide bonds. The Balaban J connectivity index is 2.28. The summed E-state index contributed by atoms with van der Waals surface area (Å²) in [5.74, 6) is 0. The minimum Gasteiger partial charge on any atom is -0.313 e. The summed E-state index contributed by atoms with van der Waals surface area (Å²) in [7, 11) is 0. The van der Waals surface area contributed by atoms with Gasteiger partial charge in [0.05, 0.1) is 11.7 Å². The Labute approximate surface area is 117 Å². The fraction of sp³-hybridized carbons (Fsp3) is 0.812. The van der Waals surface area contributed by atoms with Crippen LogP contribution in [0.5, 0.6) is 0 Å². The van der Waals surface area contributed by atoms with Gasteiger partial charge in [-0.3, -0.25) is 4.68 Å². The van der Waals surface area contributed by atoms with Gasteiger partial charge in [0.1, 0.15) is 0 Å². The highest BCUT2D eigenvalue weighted by Gasteiger charge is 2.22. The highest BCUT2D eigenvalue weighted by molar-refractivity contribution is 5.27. The summed E-state index contributed by atoms with van der Waals surface area (Å²) in [6.45, 7) is 8.67. The minimum atomic E-state index is 0.657. The summed E-state index contributed by atoms with van der Waals surface area (Å²) < 4.78 is 2.38. The van der Waals surface area contributed by atoms with Gasteiger partial charge in [-0.2, -0.15) is 5.10 Å². The quantitative estimate of drug-likeness (QED) is 0.849. The predicted octanol–water partition coefficient (Wildman–Crippen LogP) is 3.62. The monoisotopic (exact) mass is 263 g/mol. The zero-order valence-corrected chi connectivity index (χ0v) is 12.8. The number of nitrogens with one attached hydrogen (secondary N) is 1. The smallest absolute Gasteiger partial charge is 0.0669 e. The van der Waals surface area contributed by atoms with E-state index in [-0.39, 0.29) is 0 Å². The van der Waals surface area contributed by atoms with Gasteiger partial charge in [0.15, 0.2) is 0 Å². The summed E-state index contributed by atoms with van der Waals surface area (Å²) in [5, 5.41) is 8.43. The average molecular weight is 263 g/mol. The largest absolute Gasteiger partial charge is 0.313 e. The Hall–Kier alpha value is -0.830. The van der Waals surface area contributed by atoms with Gasteiger partial charge in [0.25, 0.3) is 0 Å². The molecule has 1 N–H and O–H groups in total. The van der Waals surface area contributed by atoms with Crippen LogP contribution in [0.25, 0.3) is 0 Å². The van der Waals surface area contributed by atoms with Crippen molar-refractivity contribution >= 4 is 0 Å². The normalized spacial score (nSPS) is 17.0. The second-order valence-electron chi connectivity index (χ2n) is 5.60. The summed E-state index contributed by atoms with van der Waals surface area (Å²) in [4.78, 5) is 0. The van der Waals surface area contributed by atoms with E-state index in [0.717, 1.165) is 25.9 Å². The van der Waals surface area contributed by atoms with Crippen LogP contribution in [0.3, 0.4) is 0 Å². The molecule has 0 atom stereocenters. The third-order valence-electron chi connectivity index (χ3n) is 4.34. The number of aromatic nitrogens is 2. The van der Waals surface area contributed by atoms with E-state index in [1.165, 1.54) is 49.1 Å². The molecular weight excluding hydrogens is 234 g/mol. The molecule has 0 unspecified atom stereocenters. The van der Waals surface area contributed by atoms with Crippen molar-refractivity contribution < 1.29 is 0 Å². The summed E-state index contributed by atoms with van der Waals surface area (Å²) >= 11 is 0. The lowest BCUT2D eigenvalue weighted by molar-refractivity contribution is 0.321. The van der Waals surface area contributed by atoms with Crippen LogP contribution >= 0.6 is 0 Å². The Morgan fingerprint density at radius 3 is 2.42 bits per heavy atom. The van der Waals surface area contributed by atoms with Crippen LogP contribution in [-0.4, -0.2) is 16.3 Å². The van der Waals surface area contributed by atoms with Crippen LogP contribution in [0.15, 0.2) is 0 Å². The van der Waals surface area contributed by atoms with Crippen LogP contribution < -0.4 is 5.32 Å². The Kier molecular flexibility index (Phi) is 5.44. The third-order valence-corrected chi connectivity index (χ3v) is 4.34. The molecule has 0 bridgehead atoms. The summed E-state index contributed by atoms with van der Waals surface area (Å²) in [6, 6.07) is 0.657. The van der Waals surface area contributed by atoms with E-state index in [9.17, 15) is 0 Å². The first-order chi connectivity index (χ1) is 9.31. The van der Waals surface area contributed by atoms with Crippen LogP contribution in [0.4, 0.5) is 0 Å². The minimum absolute atomic E-state index is 0.657. The number of rotatable bonds is 6. The molecule has 1 fully saturated rings. The zero-order valence-electron chi connectivity index (χ0n) is 12.8. The Bertz CT molecular complexity index is 389. The Morgan fingerprint density at radius 1 is 1.11 bits per heavy atom. The second kappa shape index (κ2) is 7.09. The first kappa shape index (κ1) is 14.6. The second-order valence-corrected chi connectivity index (χ2v) is 5.60. The van der Waals surface area contributed by atoms with Crippen molar-refractivity contribution in [1.29, 1.82) is 0 Å². The standard InChI is InChI=1S/C16H29N3/c1-4-15-14(12-17-6-3)16(5-2)19(18-15)13-10-8-7-9-11-13/h13,17H,4-12H2,1-3H3. The van der Waals surface area contributed by atoms with Gasteiger partial charge in [-0.15, -0.1) is 0 Å². The van der Waals surface area contributed by atoms with E-state index in [4.69, 9.17) is 5.10 Å². The van der Waals surface area contributed by atoms with E-state index in [2.05, 4.69) is 30.8 Å². The van der Waals surface area contributed by atoms with Crippen molar-refractivity contribution in [2.75, 3.05) is 6.54 Å². The molecule has 1 aliphatic rings. The number of aryl methyl sites for hydroxylation is 1. The van der Waals surface area contributed by atoms with E-state index in [0.29, 0.717) is 6.04 Å². The first-order valence-corrected chi connectivity index (χ1v) is 8.11. The Morgan fingerprint density at radius 2 is 1.84 bits per heavy atom. The topological polar surface area (TPSA) is 29.9 Å². The highest BCUT2D eigenvalue weighted by atomic mass is 15.3. The lowest BCUT2D eigenvalue weighted by atomic mass is 9.95. The molecule has 0 radical (unpaired) electrons. The van der Waals surface area contributed by atoms with Crippen molar-refractivity contribution in [3.05, 3.63) is 17.0 Å². The van der Waals surface area contributed by atoms with E-state index in [1.54, 1.807) is 0 Å². The van der Waals surface area contributed by atoms with Gasteiger partial charge >= 0.3 is 0 Å². The van der Waals surface area contributed by atoms with Crippen LogP contribution in [0, 0.1) is 0 Å². The molecule has 0 saturated heterocycles. The van der Waals surface area contributed by atoms with Gasteiger partial charge < -0.3 is 5.32 Å². The molecule has 3 heteroatoms. The molecule has 19 heavy (non-hydrogen) atoms. The number of hydrogen-bond acceptors (Lipinski definition) is 2. The van der Waals surface area contributed by atoms with Crippen molar-refractivity contribution in [3.8, 4) is 0 Å². The molecule has 1 aliphatic carbocycles. The number of hydrogen-bond donors (Lipinski definition) is 1. The van der Waals surface area contributed by atoms with Crippen molar-refractivity contribution in [2.24, 2.45) is 0 Å². The summed E-state index contributed by atoms with van der Waals surface area (Å²) in [6.07, 6.45) is 8.94. The fourth-order valence-corrected chi connectivity index (χ4v) is 3.30. The van der Waals surface area contributed by atoms with E-state index >= 15 is 0 Å². The van der Waals surface area contributed by atoms with E-state index < -0.39 is 0 Å². The molecule has 1 aromatic rings. The molecule has 3 nitrogen and oxygen atoms in total. The lowest BCUT2D eigenvalue weighted by Gasteiger charge is -2.24. The zero-order chi connectivity index (χ0) is 13.7. The van der Waals surface area contributed by atoms with Gasteiger partial charge in [-0.1, -0.05) is 40.0 Å². The van der Waals surface area contributed by atoms with Gasteiger partial charge in [0, 0.05) is 17.8 Å². The van der Waals surface area contributed by atoms with Crippen molar-refractivity contribution in [3.63, 3.8) is 0 Å². The molecule has 1 heterocycles. The molecule has 108 valence electrons. The highest BCUT2D eigenvalue weighted by Crippen LogP contribution is 2.30. The maximum atomic E-state index is 4.95. The predicted molar refractivity (Wildman–Crippen MR) is 80.5 cm³/mol. The lowest BCUT2D eigenvalue weighted by Crippen LogP contribution is -2.18. The van der Waals surface area contributed by atoms with Crippen LogP contribution in [0.1, 0.15) is 75.9 Å². The molecular formula is C16H29N3. The number of nitrogens with zero attached hydrogens (tertiary/aromatic N) is 2. The maximum Gasteiger partial charge on any atom is 0.0669 e. The molecule has 1 saturated carbocycles. The third kappa shape index (κ3) is 3.19. The van der Waals surface area contributed by atoms with Gasteiger partial charge in [-0.05, 0) is 32.2 Å². The fourth-order valence-electron chi connectivity index (χ4n) is 3.30. The maximum absolute atomic E-state index is 4.95. The molecule has 0 aliphatic heterocycles. The molecule has 1 aromatic heterocycles. The van der Waals surface area contributed by atoms with E-state index in [1.807, 2.05) is 0 Å². The van der Waals surface area contributed by atoms with Crippen molar-refractivity contribution in [1.82, 2.24) is 15.1 Å². The van der Waals surface area contributed by atoms with Gasteiger partial charge in [-0.25, -0.2) is 0 Å².